The minimum atomic E-state index is -1.21. The van der Waals surface area contributed by atoms with Gasteiger partial charge < -0.3 is 5.11 Å². The van der Waals surface area contributed by atoms with E-state index < -0.39 is 10.9 Å². The number of carboxylic acid groups (broad SMARTS) is 1. The van der Waals surface area contributed by atoms with Gasteiger partial charge in [0.25, 0.3) is 5.69 Å². The minimum Gasteiger partial charge on any atom is -0.478 e. The van der Waals surface area contributed by atoms with Gasteiger partial charge in [-0.15, -0.1) is 0 Å². The van der Waals surface area contributed by atoms with E-state index in [4.69, 9.17) is 16.7 Å². The second-order valence-electron chi connectivity index (χ2n) is 4.29. The van der Waals surface area contributed by atoms with E-state index in [-0.39, 0.29) is 11.3 Å². The molecule has 6 heteroatoms. The molecule has 0 unspecified atom stereocenters. The third-order valence-corrected chi connectivity index (χ3v) is 3.29. The molecule has 0 heterocycles. The summed E-state index contributed by atoms with van der Waals surface area (Å²) in [5.74, 6) is -1.21. The van der Waals surface area contributed by atoms with Crippen molar-refractivity contribution >= 4 is 23.3 Å². The molecule has 2 aromatic rings. The van der Waals surface area contributed by atoms with Crippen molar-refractivity contribution in [1.82, 2.24) is 0 Å². The number of rotatable bonds is 3. The van der Waals surface area contributed by atoms with Gasteiger partial charge in [-0.3, -0.25) is 10.1 Å². The molecule has 0 saturated carbocycles. The fourth-order valence-corrected chi connectivity index (χ4v) is 1.96. The zero-order valence-electron chi connectivity index (χ0n) is 10.5. The monoisotopic (exact) mass is 291 g/mol. The van der Waals surface area contributed by atoms with E-state index in [1.165, 1.54) is 12.1 Å². The number of nitro benzene ring substituents is 1. The van der Waals surface area contributed by atoms with Crippen molar-refractivity contribution < 1.29 is 14.8 Å². The van der Waals surface area contributed by atoms with Crippen LogP contribution in [0, 0.1) is 17.0 Å². The van der Waals surface area contributed by atoms with Crippen molar-refractivity contribution in [2.45, 2.75) is 6.92 Å². The van der Waals surface area contributed by atoms with Crippen LogP contribution in [0.5, 0.6) is 0 Å². The van der Waals surface area contributed by atoms with Crippen molar-refractivity contribution in [3.63, 3.8) is 0 Å². The first-order valence-electron chi connectivity index (χ1n) is 5.68. The van der Waals surface area contributed by atoms with Crippen molar-refractivity contribution in [3.8, 4) is 11.1 Å². The van der Waals surface area contributed by atoms with Gasteiger partial charge in [0.1, 0.15) is 0 Å². The van der Waals surface area contributed by atoms with Crippen LogP contribution < -0.4 is 0 Å². The Morgan fingerprint density at radius 3 is 2.45 bits per heavy atom. The van der Waals surface area contributed by atoms with Crippen LogP contribution in [0.4, 0.5) is 5.69 Å². The molecular formula is C14H10ClNO4. The summed E-state index contributed by atoms with van der Waals surface area (Å²) in [5, 5.41) is 20.4. The number of aryl methyl sites for hydroxylation is 1. The molecule has 20 heavy (non-hydrogen) atoms. The van der Waals surface area contributed by atoms with E-state index in [9.17, 15) is 14.9 Å². The van der Waals surface area contributed by atoms with Crippen LogP contribution in [-0.2, 0) is 0 Å². The van der Waals surface area contributed by atoms with Crippen molar-refractivity contribution in [2.75, 3.05) is 0 Å². The van der Waals surface area contributed by atoms with Crippen LogP contribution in [0.3, 0.4) is 0 Å². The maximum Gasteiger partial charge on any atom is 0.335 e. The highest BCUT2D eigenvalue weighted by Gasteiger charge is 2.15. The van der Waals surface area contributed by atoms with Crippen LogP contribution in [0.1, 0.15) is 15.9 Å². The predicted molar refractivity (Wildman–Crippen MR) is 75.2 cm³/mol. The number of nitrogens with zero attached hydrogens (tertiary/aromatic N) is 1. The standard InChI is InChI=1S/C14H10ClNO4/c1-8-2-3-9(7-13(8)15)10-4-11(14(17)18)6-12(5-10)16(19)20/h2-7H,1H3,(H,17,18). The van der Waals surface area contributed by atoms with Gasteiger partial charge in [-0.2, -0.15) is 0 Å². The average molecular weight is 292 g/mol. The zero-order chi connectivity index (χ0) is 14.9. The Hall–Kier alpha value is -2.40. The second-order valence-corrected chi connectivity index (χ2v) is 4.70. The molecule has 0 aliphatic carbocycles. The summed E-state index contributed by atoms with van der Waals surface area (Å²) in [6.45, 7) is 1.84. The molecule has 0 aromatic heterocycles. The molecular weight excluding hydrogens is 282 g/mol. The molecule has 0 atom stereocenters. The maximum absolute atomic E-state index is 11.0. The fraction of sp³-hybridized carbons (Fsp3) is 0.0714. The Morgan fingerprint density at radius 1 is 1.20 bits per heavy atom. The van der Waals surface area contributed by atoms with Gasteiger partial charge in [0, 0.05) is 17.2 Å². The zero-order valence-corrected chi connectivity index (χ0v) is 11.2. The van der Waals surface area contributed by atoms with E-state index in [1.54, 1.807) is 18.2 Å². The Bertz CT molecular complexity index is 680. The summed E-state index contributed by atoms with van der Waals surface area (Å²) >= 11 is 6.02. The number of non-ortho nitro benzene ring substituents is 1. The summed E-state index contributed by atoms with van der Waals surface area (Å²) in [5.41, 5.74) is 1.55. The third kappa shape index (κ3) is 2.78. The average Bonchev–Trinajstić information content (AvgIpc) is 2.41. The summed E-state index contributed by atoms with van der Waals surface area (Å²) in [4.78, 5) is 21.3. The molecule has 1 N–H and O–H groups in total. The highest BCUT2D eigenvalue weighted by molar-refractivity contribution is 6.31. The van der Waals surface area contributed by atoms with E-state index >= 15 is 0 Å². The van der Waals surface area contributed by atoms with Gasteiger partial charge in [0.05, 0.1) is 10.5 Å². The fourth-order valence-electron chi connectivity index (χ4n) is 1.78. The first-order chi connectivity index (χ1) is 9.38. The van der Waals surface area contributed by atoms with Gasteiger partial charge in [-0.1, -0.05) is 23.7 Å². The van der Waals surface area contributed by atoms with E-state index in [1.807, 2.05) is 6.92 Å². The molecule has 0 spiro atoms. The molecule has 0 aliphatic rings. The number of carbonyl (C=O) groups is 1. The van der Waals surface area contributed by atoms with Gasteiger partial charge >= 0.3 is 5.97 Å². The lowest BCUT2D eigenvalue weighted by Gasteiger charge is -2.06. The van der Waals surface area contributed by atoms with Crippen LogP contribution >= 0.6 is 11.6 Å². The van der Waals surface area contributed by atoms with Crippen LogP contribution in [-0.4, -0.2) is 16.0 Å². The number of halogens is 1. The molecule has 0 amide bonds. The van der Waals surface area contributed by atoms with Crippen molar-refractivity contribution in [3.05, 3.63) is 62.7 Å². The topological polar surface area (TPSA) is 80.4 Å². The number of benzene rings is 2. The quantitative estimate of drug-likeness (QED) is 0.686. The number of aromatic carboxylic acids is 1. The van der Waals surface area contributed by atoms with Crippen molar-refractivity contribution in [1.29, 1.82) is 0 Å². The first-order valence-corrected chi connectivity index (χ1v) is 6.05. The molecule has 5 nitrogen and oxygen atoms in total. The molecule has 0 radical (unpaired) electrons. The Labute approximate surface area is 119 Å². The summed E-state index contributed by atoms with van der Waals surface area (Å²) < 4.78 is 0. The lowest BCUT2D eigenvalue weighted by molar-refractivity contribution is -0.384. The number of hydrogen-bond donors (Lipinski definition) is 1. The molecule has 2 rings (SSSR count). The van der Waals surface area contributed by atoms with E-state index in [0.29, 0.717) is 16.1 Å². The lowest BCUT2D eigenvalue weighted by atomic mass is 10.0. The van der Waals surface area contributed by atoms with E-state index in [0.717, 1.165) is 11.6 Å². The normalized spacial score (nSPS) is 10.3. The van der Waals surface area contributed by atoms with Gasteiger partial charge in [-0.25, -0.2) is 4.79 Å². The summed E-state index contributed by atoms with van der Waals surface area (Å²) in [7, 11) is 0. The number of carboxylic acids is 1. The highest BCUT2D eigenvalue weighted by atomic mass is 35.5. The maximum atomic E-state index is 11.0. The van der Waals surface area contributed by atoms with E-state index in [2.05, 4.69) is 0 Å². The predicted octanol–water partition coefficient (Wildman–Crippen LogP) is 3.92. The molecule has 2 aromatic carbocycles. The first kappa shape index (κ1) is 14.0. The Kier molecular flexibility index (Phi) is 3.72. The summed E-state index contributed by atoms with van der Waals surface area (Å²) in [6.07, 6.45) is 0. The molecule has 0 fully saturated rings. The van der Waals surface area contributed by atoms with Crippen LogP contribution in [0.2, 0.25) is 5.02 Å². The minimum absolute atomic E-state index is 0.133. The van der Waals surface area contributed by atoms with Gasteiger partial charge in [-0.05, 0) is 35.7 Å². The van der Waals surface area contributed by atoms with Crippen LogP contribution in [0.25, 0.3) is 11.1 Å². The number of hydrogen-bond acceptors (Lipinski definition) is 3. The third-order valence-electron chi connectivity index (χ3n) is 2.88. The van der Waals surface area contributed by atoms with Crippen LogP contribution in [0.15, 0.2) is 36.4 Å². The molecule has 102 valence electrons. The smallest absolute Gasteiger partial charge is 0.335 e. The summed E-state index contributed by atoms with van der Waals surface area (Å²) in [6, 6.07) is 8.91. The second kappa shape index (κ2) is 5.30. The largest absolute Gasteiger partial charge is 0.478 e. The SMILES string of the molecule is Cc1ccc(-c2cc(C(=O)O)cc([N+](=O)[O-])c2)cc1Cl. The molecule has 0 aliphatic heterocycles. The lowest BCUT2D eigenvalue weighted by Crippen LogP contribution is -1.99. The van der Waals surface area contributed by atoms with Gasteiger partial charge in [0.2, 0.25) is 0 Å². The van der Waals surface area contributed by atoms with Gasteiger partial charge in [0.15, 0.2) is 0 Å². The van der Waals surface area contributed by atoms with Crippen molar-refractivity contribution in [2.24, 2.45) is 0 Å². The number of nitro groups is 1. The Balaban J connectivity index is 2.63. The Morgan fingerprint density at radius 2 is 1.90 bits per heavy atom. The molecule has 0 bridgehead atoms. The highest BCUT2D eigenvalue weighted by Crippen LogP contribution is 2.29. The molecule has 0 saturated heterocycles.